The summed E-state index contributed by atoms with van der Waals surface area (Å²) in [5, 5.41) is 2.70. The summed E-state index contributed by atoms with van der Waals surface area (Å²) in [5.41, 5.74) is -0.154. The normalized spacial score (nSPS) is 10.7. The molecule has 0 fully saturated rings. The molecule has 1 aromatic carbocycles. The highest BCUT2D eigenvalue weighted by Gasteiger charge is 2.10. The van der Waals surface area contributed by atoms with Crippen LogP contribution in [-0.2, 0) is 13.0 Å². The third-order valence-corrected chi connectivity index (χ3v) is 3.74. The second kappa shape index (κ2) is 5.44. The molecule has 96 valence electrons. The summed E-state index contributed by atoms with van der Waals surface area (Å²) in [6, 6.07) is 5.39. The van der Waals surface area contributed by atoms with E-state index < -0.39 is 17.5 Å². The van der Waals surface area contributed by atoms with Gasteiger partial charge >= 0.3 is 0 Å². The van der Waals surface area contributed by atoms with Crippen molar-refractivity contribution in [2.24, 2.45) is 0 Å². The van der Waals surface area contributed by atoms with Crippen LogP contribution < -0.4 is 5.32 Å². The van der Waals surface area contributed by atoms with E-state index in [0.29, 0.717) is 12.6 Å². The van der Waals surface area contributed by atoms with Crippen LogP contribution >= 0.6 is 11.3 Å². The summed E-state index contributed by atoms with van der Waals surface area (Å²) in [6.07, 6.45) is 0.938. The fraction of sp³-hybridized carbons (Fsp3) is 0.231. The lowest BCUT2D eigenvalue weighted by atomic mass is 10.2. The van der Waals surface area contributed by atoms with E-state index in [4.69, 9.17) is 0 Å². The van der Waals surface area contributed by atoms with Crippen molar-refractivity contribution in [2.75, 3.05) is 5.32 Å². The molecule has 0 atom stereocenters. The standard InChI is InChI=1S/C13H12F3NS/c1-2-9-3-4-10(18-9)7-17-12-6-8(14)5-11(15)13(12)16/h3-6,17H,2,7H2,1H3. The molecule has 0 radical (unpaired) electrons. The first kappa shape index (κ1) is 13.0. The Bertz CT molecular complexity index is 551. The highest BCUT2D eigenvalue weighted by molar-refractivity contribution is 7.12. The predicted molar refractivity (Wildman–Crippen MR) is 67.3 cm³/mol. The minimum absolute atomic E-state index is 0.154. The monoisotopic (exact) mass is 271 g/mol. The van der Waals surface area contributed by atoms with Gasteiger partial charge in [0.15, 0.2) is 11.6 Å². The molecule has 0 aliphatic rings. The summed E-state index contributed by atoms with van der Waals surface area (Å²) in [6.45, 7) is 2.40. The van der Waals surface area contributed by atoms with E-state index >= 15 is 0 Å². The molecule has 0 aliphatic heterocycles. The largest absolute Gasteiger partial charge is 0.378 e. The third kappa shape index (κ3) is 2.85. The topological polar surface area (TPSA) is 12.0 Å². The number of benzene rings is 1. The molecular weight excluding hydrogens is 259 g/mol. The Kier molecular flexibility index (Phi) is 3.91. The van der Waals surface area contributed by atoms with Gasteiger partial charge in [0, 0.05) is 28.4 Å². The first-order chi connectivity index (χ1) is 8.60. The Morgan fingerprint density at radius 1 is 1.11 bits per heavy atom. The highest BCUT2D eigenvalue weighted by Crippen LogP contribution is 2.22. The molecule has 18 heavy (non-hydrogen) atoms. The van der Waals surface area contributed by atoms with Crippen molar-refractivity contribution in [1.82, 2.24) is 0 Å². The Morgan fingerprint density at radius 2 is 1.83 bits per heavy atom. The van der Waals surface area contributed by atoms with Crippen molar-refractivity contribution in [3.63, 3.8) is 0 Å². The van der Waals surface area contributed by atoms with E-state index in [1.807, 2.05) is 19.1 Å². The number of hydrogen-bond acceptors (Lipinski definition) is 2. The summed E-state index contributed by atoms with van der Waals surface area (Å²) in [7, 11) is 0. The first-order valence-corrected chi connectivity index (χ1v) is 6.37. The van der Waals surface area contributed by atoms with Gasteiger partial charge in [-0.1, -0.05) is 6.92 Å². The molecule has 1 nitrogen and oxygen atoms in total. The summed E-state index contributed by atoms with van der Waals surface area (Å²) < 4.78 is 39.3. The van der Waals surface area contributed by atoms with Gasteiger partial charge in [0.25, 0.3) is 0 Å². The van der Waals surface area contributed by atoms with Crippen LogP contribution in [0, 0.1) is 17.5 Å². The van der Waals surface area contributed by atoms with Gasteiger partial charge in [0.05, 0.1) is 5.69 Å². The fourth-order valence-electron chi connectivity index (χ4n) is 1.57. The van der Waals surface area contributed by atoms with Gasteiger partial charge in [-0.15, -0.1) is 11.3 Å². The molecule has 0 saturated heterocycles. The molecule has 0 unspecified atom stereocenters. The molecule has 0 amide bonds. The van der Waals surface area contributed by atoms with Crippen molar-refractivity contribution in [1.29, 1.82) is 0 Å². The number of aryl methyl sites for hydroxylation is 1. The van der Waals surface area contributed by atoms with Gasteiger partial charge in [0.2, 0.25) is 0 Å². The zero-order chi connectivity index (χ0) is 13.1. The Labute approximate surface area is 107 Å². The Hall–Kier alpha value is -1.49. The Balaban J connectivity index is 2.10. The van der Waals surface area contributed by atoms with E-state index in [0.717, 1.165) is 17.4 Å². The molecule has 0 bridgehead atoms. The minimum atomic E-state index is -1.18. The number of thiophene rings is 1. The van der Waals surface area contributed by atoms with Crippen LogP contribution in [0.5, 0.6) is 0 Å². The average molecular weight is 271 g/mol. The number of anilines is 1. The van der Waals surface area contributed by atoms with Crippen LogP contribution in [0.2, 0.25) is 0 Å². The summed E-state index contributed by atoms with van der Waals surface area (Å²) in [5.74, 6) is -3.03. The molecule has 2 aromatic rings. The second-order valence-electron chi connectivity index (χ2n) is 3.82. The van der Waals surface area contributed by atoms with E-state index in [-0.39, 0.29) is 5.69 Å². The lowest BCUT2D eigenvalue weighted by Gasteiger charge is -2.07. The van der Waals surface area contributed by atoms with Gasteiger partial charge in [-0.05, 0) is 18.6 Å². The average Bonchev–Trinajstić information content (AvgIpc) is 2.80. The van der Waals surface area contributed by atoms with E-state index in [9.17, 15) is 13.2 Å². The minimum Gasteiger partial charge on any atom is -0.378 e. The zero-order valence-corrected chi connectivity index (χ0v) is 10.6. The molecule has 0 spiro atoms. The van der Waals surface area contributed by atoms with Crippen LogP contribution in [0.4, 0.5) is 18.9 Å². The first-order valence-electron chi connectivity index (χ1n) is 5.56. The van der Waals surface area contributed by atoms with Crippen molar-refractivity contribution < 1.29 is 13.2 Å². The van der Waals surface area contributed by atoms with Crippen LogP contribution in [0.1, 0.15) is 16.7 Å². The summed E-state index contributed by atoms with van der Waals surface area (Å²) >= 11 is 1.59. The molecule has 2 rings (SSSR count). The molecule has 0 saturated carbocycles. The maximum absolute atomic E-state index is 13.4. The van der Waals surface area contributed by atoms with Gasteiger partial charge in [0.1, 0.15) is 5.82 Å². The molecule has 1 heterocycles. The summed E-state index contributed by atoms with van der Waals surface area (Å²) in [4.78, 5) is 2.22. The maximum atomic E-state index is 13.4. The second-order valence-corrected chi connectivity index (χ2v) is 5.08. The van der Waals surface area contributed by atoms with Gasteiger partial charge < -0.3 is 5.32 Å². The molecular formula is C13H12F3NS. The molecule has 1 N–H and O–H groups in total. The van der Waals surface area contributed by atoms with Gasteiger partial charge in [-0.3, -0.25) is 0 Å². The van der Waals surface area contributed by atoms with E-state index in [1.165, 1.54) is 4.88 Å². The highest BCUT2D eigenvalue weighted by atomic mass is 32.1. The maximum Gasteiger partial charge on any atom is 0.182 e. The smallest absolute Gasteiger partial charge is 0.182 e. The Morgan fingerprint density at radius 3 is 2.50 bits per heavy atom. The third-order valence-electron chi connectivity index (χ3n) is 2.51. The number of hydrogen-bond donors (Lipinski definition) is 1. The lowest BCUT2D eigenvalue weighted by Crippen LogP contribution is -2.02. The van der Waals surface area contributed by atoms with Crippen molar-refractivity contribution >= 4 is 17.0 Å². The van der Waals surface area contributed by atoms with E-state index in [1.54, 1.807) is 11.3 Å². The van der Waals surface area contributed by atoms with Gasteiger partial charge in [-0.25, -0.2) is 13.2 Å². The van der Waals surface area contributed by atoms with Gasteiger partial charge in [-0.2, -0.15) is 0 Å². The quantitative estimate of drug-likeness (QED) is 0.816. The molecule has 1 aromatic heterocycles. The van der Waals surface area contributed by atoms with E-state index in [2.05, 4.69) is 5.32 Å². The van der Waals surface area contributed by atoms with Crippen molar-refractivity contribution in [3.8, 4) is 0 Å². The van der Waals surface area contributed by atoms with Crippen LogP contribution in [0.3, 0.4) is 0 Å². The van der Waals surface area contributed by atoms with Crippen LogP contribution in [0.15, 0.2) is 24.3 Å². The van der Waals surface area contributed by atoms with Crippen molar-refractivity contribution in [3.05, 3.63) is 51.5 Å². The lowest BCUT2D eigenvalue weighted by molar-refractivity contribution is 0.497. The molecule has 0 aliphatic carbocycles. The van der Waals surface area contributed by atoms with Crippen LogP contribution in [0.25, 0.3) is 0 Å². The number of nitrogens with one attached hydrogen (secondary N) is 1. The number of halogens is 3. The van der Waals surface area contributed by atoms with Crippen molar-refractivity contribution in [2.45, 2.75) is 19.9 Å². The zero-order valence-electron chi connectivity index (χ0n) is 9.77. The SMILES string of the molecule is CCc1ccc(CNc2cc(F)cc(F)c2F)s1. The predicted octanol–water partition coefficient (Wildman–Crippen LogP) is 4.34. The number of rotatable bonds is 4. The fourth-order valence-corrected chi connectivity index (χ4v) is 2.47. The van der Waals surface area contributed by atoms with Crippen LogP contribution in [-0.4, -0.2) is 0 Å². The molecule has 5 heteroatoms.